The zero-order valence-electron chi connectivity index (χ0n) is 14.5. The highest BCUT2D eigenvalue weighted by Crippen LogP contribution is 2.21. The topological polar surface area (TPSA) is 81.1 Å². The maximum Gasteiger partial charge on any atom is 0.266 e. The molecule has 0 fully saturated rings. The highest BCUT2D eigenvalue weighted by Gasteiger charge is 2.14. The summed E-state index contributed by atoms with van der Waals surface area (Å²) in [6.45, 7) is 4.03. The van der Waals surface area contributed by atoms with E-state index in [4.69, 9.17) is 0 Å². The molecule has 8 heteroatoms. The number of sulfonamides is 1. The summed E-state index contributed by atoms with van der Waals surface area (Å²) in [5, 5.41) is 6.25. The van der Waals surface area contributed by atoms with E-state index in [1.54, 1.807) is 24.3 Å². The Hall–Kier alpha value is -2.29. The molecule has 26 heavy (non-hydrogen) atoms. The number of nitrogens with zero attached hydrogens (tertiary/aromatic N) is 2. The Morgan fingerprint density at radius 3 is 2.62 bits per heavy atom. The van der Waals surface area contributed by atoms with E-state index in [2.05, 4.69) is 9.82 Å². The predicted octanol–water partition coefficient (Wildman–Crippen LogP) is 2.57. The van der Waals surface area contributed by atoms with Crippen molar-refractivity contribution < 1.29 is 8.42 Å². The van der Waals surface area contributed by atoms with Gasteiger partial charge >= 0.3 is 0 Å². The predicted molar refractivity (Wildman–Crippen MR) is 103 cm³/mol. The zero-order chi connectivity index (χ0) is 18.7. The minimum Gasteiger partial charge on any atom is -0.268 e. The van der Waals surface area contributed by atoms with E-state index in [0.29, 0.717) is 5.69 Å². The first kappa shape index (κ1) is 18.5. The highest BCUT2D eigenvalue weighted by atomic mass is 32.2. The van der Waals surface area contributed by atoms with E-state index in [9.17, 15) is 13.2 Å². The van der Waals surface area contributed by atoms with Crippen LogP contribution in [-0.4, -0.2) is 24.7 Å². The lowest BCUT2D eigenvalue weighted by molar-refractivity contribution is 0.549. The van der Waals surface area contributed by atoms with Gasteiger partial charge in [-0.3, -0.25) is 4.79 Å². The summed E-state index contributed by atoms with van der Waals surface area (Å²) in [4.78, 5) is 13.1. The molecule has 3 rings (SSSR count). The van der Waals surface area contributed by atoms with Crippen LogP contribution in [0.5, 0.6) is 0 Å². The fraction of sp³-hybridized carbons (Fsp3) is 0.222. The second kappa shape index (κ2) is 7.53. The third-order valence-electron chi connectivity index (χ3n) is 4.04. The second-order valence-electron chi connectivity index (χ2n) is 5.90. The molecule has 1 N–H and O–H groups in total. The summed E-state index contributed by atoms with van der Waals surface area (Å²) < 4.78 is 28.6. The first-order valence-electron chi connectivity index (χ1n) is 8.06. The van der Waals surface area contributed by atoms with Crippen molar-refractivity contribution in [2.45, 2.75) is 25.3 Å². The number of benzene rings is 1. The average molecular weight is 390 g/mol. The molecule has 0 radical (unpaired) electrons. The number of hydrogen-bond donors (Lipinski definition) is 1. The largest absolute Gasteiger partial charge is 0.268 e. The van der Waals surface area contributed by atoms with Gasteiger partial charge in [0.1, 0.15) is 5.69 Å². The first-order valence-corrected chi connectivity index (χ1v) is 10.4. The molecule has 0 spiro atoms. The third kappa shape index (κ3) is 4.09. The van der Waals surface area contributed by atoms with E-state index in [0.717, 1.165) is 16.0 Å². The quantitative estimate of drug-likeness (QED) is 0.703. The SMILES string of the molecule is Cc1ccc(S(=O)(=O)NCCn2nc(-c3cccs3)ccc2=O)cc1C. The molecule has 0 bridgehead atoms. The molecule has 0 unspecified atom stereocenters. The molecule has 0 saturated carbocycles. The first-order chi connectivity index (χ1) is 12.4. The molecule has 2 aromatic heterocycles. The van der Waals surface area contributed by atoms with Gasteiger partial charge in [-0.15, -0.1) is 11.3 Å². The summed E-state index contributed by atoms with van der Waals surface area (Å²) in [5.74, 6) is 0. The number of aryl methyl sites for hydroxylation is 2. The van der Waals surface area contributed by atoms with E-state index < -0.39 is 10.0 Å². The standard InChI is InChI=1S/C18H19N3O3S2/c1-13-5-6-15(12-14(13)2)26(23,24)19-9-10-21-18(22)8-7-16(20-21)17-4-3-11-25-17/h3-8,11-12,19H,9-10H2,1-2H3. The van der Waals surface area contributed by atoms with Gasteiger partial charge in [-0.05, 0) is 54.6 Å². The normalized spacial score (nSPS) is 11.6. The number of thiophene rings is 1. The van der Waals surface area contributed by atoms with Gasteiger partial charge in [0.05, 0.1) is 16.3 Å². The van der Waals surface area contributed by atoms with Gasteiger partial charge in [0.15, 0.2) is 0 Å². The van der Waals surface area contributed by atoms with Gasteiger partial charge in [0.25, 0.3) is 5.56 Å². The molecule has 0 aliphatic carbocycles. The van der Waals surface area contributed by atoms with Crippen LogP contribution in [0.2, 0.25) is 0 Å². The molecular weight excluding hydrogens is 370 g/mol. The molecule has 0 saturated heterocycles. The van der Waals surface area contributed by atoms with Crippen molar-refractivity contribution in [2.75, 3.05) is 6.54 Å². The van der Waals surface area contributed by atoms with Gasteiger partial charge < -0.3 is 0 Å². The molecule has 0 atom stereocenters. The number of rotatable bonds is 6. The third-order valence-corrected chi connectivity index (χ3v) is 6.40. The summed E-state index contributed by atoms with van der Waals surface area (Å²) in [6.07, 6.45) is 0. The van der Waals surface area contributed by atoms with Crippen molar-refractivity contribution in [1.82, 2.24) is 14.5 Å². The van der Waals surface area contributed by atoms with Crippen LogP contribution in [0.3, 0.4) is 0 Å². The lowest BCUT2D eigenvalue weighted by atomic mass is 10.1. The molecule has 0 amide bonds. The van der Waals surface area contributed by atoms with Crippen molar-refractivity contribution in [3.8, 4) is 10.6 Å². The Morgan fingerprint density at radius 2 is 1.92 bits per heavy atom. The van der Waals surface area contributed by atoms with Crippen molar-refractivity contribution in [3.63, 3.8) is 0 Å². The zero-order valence-corrected chi connectivity index (χ0v) is 16.1. The van der Waals surface area contributed by atoms with Gasteiger partial charge in [0.2, 0.25) is 10.0 Å². The molecule has 136 valence electrons. The van der Waals surface area contributed by atoms with Crippen LogP contribution in [0.15, 0.2) is 57.5 Å². The molecule has 0 aliphatic heterocycles. The van der Waals surface area contributed by atoms with Crippen LogP contribution < -0.4 is 10.3 Å². The molecule has 1 aromatic carbocycles. The summed E-state index contributed by atoms with van der Waals surface area (Å²) in [5.41, 5.74) is 2.37. The molecule has 2 heterocycles. The Balaban J connectivity index is 1.72. The lowest BCUT2D eigenvalue weighted by Crippen LogP contribution is -2.32. The monoisotopic (exact) mass is 389 g/mol. The Bertz CT molecular complexity index is 1070. The Kier molecular flexibility index (Phi) is 5.36. The summed E-state index contributed by atoms with van der Waals surface area (Å²) >= 11 is 1.53. The fourth-order valence-corrected chi connectivity index (χ4v) is 4.21. The number of nitrogens with one attached hydrogen (secondary N) is 1. The average Bonchev–Trinajstić information content (AvgIpc) is 3.13. The van der Waals surface area contributed by atoms with Crippen LogP contribution >= 0.6 is 11.3 Å². The van der Waals surface area contributed by atoms with Crippen LogP contribution in [0.4, 0.5) is 0 Å². The lowest BCUT2D eigenvalue weighted by Gasteiger charge is -2.10. The minimum absolute atomic E-state index is 0.0794. The fourth-order valence-electron chi connectivity index (χ4n) is 2.42. The van der Waals surface area contributed by atoms with Crippen LogP contribution in [0.25, 0.3) is 10.6 Å². The smallest absolute Gasteiger partial charge is 0.266 e. The maximum atomic E-state index is 12.4. The van der Waals surface area contributed by atoms with Gasteiger partial charge in [0, 0.05) is 12.6 Å². The summed E-state index contributed by atoms with van der Waals surface area (Å²) in [7, 11) is -3.63. The maximum absolute atomic E-state index is 12.4. The highest BCUT2D eigenvalue weighted by molar-refractivity contribution is 7.89. The van der Waals surface area contributed by atoms with Crippen LogP contribution in [0, 0.1) is 13.8 Å². The van der Waals surface area contributed by atoms with Gasteiger partial charge in [-0.25, -0.2) is 17.8 Å². The Labute approximate surface area is 156 Å². The summed E-state index contributed by atoms with van der Waals surface area (Å²) in [6, 6.07) is 11.9. The minimum atomic E-state index is -3.63. The number of hydrogen-bond acceptors (Lipinski definition) is 5. The molecule has 0 aliphatic rings. The second-order valence-corrected chi connectivity index (χ2v) is 8.62. The van der Waals surface area contributed by atoms with Crippen LogP contribution in [-0.2, 0) is 16.6 Å². The molecule has 3 aromatic rings. The van der Waals surface area contributed by atoms with E-state index in [-0.39, 0.29) is 23.5 Å². The van der Waals surface area contributed by atoms with Crippen molar-refractivity contribution >= 4 is 21.4 Å². The van der Waals surface area contributed by atoms with Crippen molar-refractivity contribution in [3.05, 3.63) is 69.3 Å². The van der Waals surface area contributed by atoms with Gasteiger partial charge in [-0.2, -0.15) is 5.10 Å². The van der Waals surface area contributed by atoms with E-state index >= 15 is 0 Å². The number of aromatic nitrogens is 2. The van der Waals surface area contributed by atoms with Crippen LogP contribution in [0.1, 0.15) is 11.1 Å². The van der Waals surface area contributed by atoms with E-state index in [1.807, 2.05) is 31.4 Å². The molecule has 6 nitrogen and oxygen atoms in total. The molecular formula is C18H19N3O3S2. The van der Waals surface area contributed by atoms with Gasteiger partial charge in [-0.1, -0.05) is 12.1 Å². The van der Waals surface area contributed by atoms with Crippen molar-refractivity contribution in [1.29, 1.82) is 0 Å². The van der Waals surface area contributed by atoms with Crippen molar-refractivity contribution in [2.24, 2.45) is 0 Å². The van der Waals surface area contributed by atoms with E-state index in [1.165, 1.54) is 22.1 Å². The Morgan fingerprint density at radius 1 is 1.12 bits per heavy atom.